The number of halogens is 2. The van der Waals surface area contributed by atoms with Gasteiger partial charge in [-0.05, 0) is 37.0 Å². The second-order valence-corrected chi connectivity index (χ2v) is 6.64. The van der Waals surface area contributed by atoms with Crippen molar-refractivity contribution in [3.05, 3.63) is 29.8 Å². The van der Waals surface area contributed by atoms with Crippen molar-refractivity contribution in [3.63, 3.8) is 0 Å². The van der Waals surface area contributed by atoms with Crippen LogP contribution in [0.5, 0.6) is 5.75 Å². The molecule has 3 N–H and O–H groups in total. The first kappa shape index (κ1) is 20.9. The Balaban J connectivity index is 1.54. The van der Waals surface area contributed by atoms with Gasteiger partial charge in [-0.15, -0.1) is 0 Å². The first-order chi connectivity index (χ1) is 13.0. The molecule has 0 aliphatic heterocycles. The van der Waals surface area contributed by atoms with Crippen LogP contribution in [0.3, 0.4) is 0 Å². The van der Waals surface area contributed by atoms with Crippen LogP contribution in [0, 0.1) is 0 Å². The minimum absolute atomic E-state index is 0.0812. The third-order valence-electron chi connectivity index (χ3n) is 4.44. The number of nitrogens with one attached hydrogen (secondary N) is 3. The summed E-state index contributed by atoms with van der Waals surface area (Å²) in [5.41, 5.74) is 0.787. The van der Waals surface area contributed by atoms with Crippen LogP contribution in [-0.4, -0.2) is 31.1 Å². The van der Waals surface area contributed by atoms with E-state index in [1.807, 2.05) is 0 Å². The van der Waals surface area contributed by atoms with Crippen LogP contribution >= 0.6 is 0 Å². The van der Waals surface area contributed by atoms with Crippen LogP contribution in [0.15, 0.2) is 24.3 Å². The maximum absolute atomic E-state index is 12.1. The van der Waals surface area contributed by atoms with E-state index in [-0.39, 0.29) is 23.7 Å². The van der Waals surface area contributed by atoms with Crippen molar-refractivity contribution in [3.8, 4) is 5.75 Å². The molecule has 2 rings (SSSR count). The summed E-state index contributed by atoms with van der Waals surface area (Å²) < 4.78 is 28.4. The van der Waals surface area contributed by atoms with Gasteiger partial charge in [0.15, 0.2) is 0 Å². The van der Waals surface area contributed by atoms with Gasteiger partial charge in [0.25, 0.3) is 0 Å². The van der Waals surface area contributed by atoms with Crippen LogP contribution in [0.25, 0.3) is 0 Å². The third kappa shape index (κ3) is 8.70. The highest BCUT2D eigenvalue weighted by molar-refractivity contribution is 5.76. The van der Waals surface area contributed by atoms with Gasteiger partial charge in [0.2, 0.25) is 5.91 Å². The number of hydrogen-bond donors (Lipinski definition) is 3. The van der Waals surface area contributed by atoms with Crippen LogP contribution in [0.4, 0.5) is 13.6 Å². The molecule has 3 amide bonds. The zero-order valence-electron chi connectivity index (χ0n) is 15.3. The number of amides is 3. The van der Waals surface area contributed by atoms with Gasteiger partial charge in [0.1, 0.15) is 5.75 Å². The number of rotatable bonds is 9. The molecule has 1 aliphatic rings. The smallest absolute Gasteiger partial charge is 0.387 e. The molecule has 1 aromatic carbocycles. The van der Waals surface area contributed by atoms with E-state index in [1.54, 1.807) is 12.1 Å². The molecule has 0 radical (unpaired) electrons. The average Bonchev–Trinajstić information content (AvgIpc) is 2.65. The summed E-state index contributed by atoms with van der Waals surface area (Å²) in [6.07, 6.45) is 6.47. The molecule has 6 nitrogen and oxygen atoms in total. The van der Waals surface area contributed by atoms with Crippen molar-refractivity contribution < 1.29 is 23.1 Å². The molecule has 0 unspecified atom stereocenters. The minimum Gasteiger partial charge on any atom is -0.435 e. The van der Waals surface area contributed by atoms with Gasteiger partial charge in [-0.1, -0.05) is 31.4 Å². The van der Waals surface area contributed by atoms with Crippen LogP contribution in [-0.2, 0) is 11.3 Å². The van der Waals surface area contributed by atoms with E-state index in [0.29, 0.717) is 25.9 Å². The zero-order valence-corrected chi connectivity index (χ0v) is 15.3. The Hall–Kier alpha value is -2.38. The lowest BCUT2D eigenvalue weighted by molar-refractivity contribution is -0.121. The van der Waals surface area contributed by atoms with Crippen molar-refractivity contribution in [2.75, 3.05) is 6.54 Å². The fourth-order valence-corrected chi connectivity index (χ4v) is 3.01. The van der Waals surface area contributed by atoms with E-state index in [4.69, 9.17) is 0 Å². The topological polar surface area (TPSA) is 79.5 Å². The summed E-state index contributed by atoms with van der Waals surface area (Å²) >= 11 is 0. The maximum Gasteiger partial charge on any atom is 0.387 e. The van der Waals surface area contributed by atoms with Crippen LogP contribution in [0.2, 0.25) is 0 Å². The van der Waals surface area contributed by atoms with Crippen LogP contribution < -0.4 is 20.7 Å². The Morgan fingerprint density at radius 1 is 1.07 bits per heavy atom. The second kappa shape index (κ2) is 11.4. The van der Waals surface area contributed by atoms with E-state index in [9.17, 15) is 18.4 Å². The predicted molar refractivity (Wildman–Crippen MR) is 97.6 cm³/mol. The van der Waals surface area contributed by atoms with E-state index < -0.39 is 6.61 Å². The molecule has 8 heteroatoms. The summed E-state index contributed by atoms with van der Waals surface area (Å²) in [4.78, 5) is 23.6. The summed E-state index contributed by atoms with van der Waals surface area (Å²) in [7, 11) is 0. The molecule has 27 heavy (non-hydrogen) atoms. The van der Waals surface area contributed by atoms with Gasteiger partial charge in [-0.2, -0.15) is 8.78 Å². The highest BCUT2D eigenvalue weighted by Gasteiger charge is 2.15. The van der Waals surface area contributed by atoms with Crippen molar-refractivity contribution in [2.24, 2.45) is 0 Å². The molecular formula is C19H27F2N3O3. The number of urea groups is 1. The van der Waals surface area contributed by atoms with Gasteiger partial charge in [0, 0.05) is 25.6 Å². The normalized spacial score (nSPS) is 14.6. The van der Waals surface area contributed by atoms with Gasteiger partial charge in [-0.25, -0.2) is 4.79 Å². The molecule has 1 aromatic rings. The monoisotopic (exact) mass is 383 g/mol. The summed E-state index contributed by atoms with van der Waals surface area (Å²) in [6.45, 7) is -2.11. The van der Waals surface area contributed by atoms with Gasteiger partial charge in [0.05, 0.1) is 0 Å². The van der Waals surface area contributed by atoms with Crippen molar-refractivity contribution >= 4 is 11.9 Å². The molecule has 0 bridgehead atoms. The van der Waals surface area contributed by atoms with Crippen molar-refractivity contribution in [1.82, 2.24) is 16.0 Å². The molecule has 0 heterocycles. The van der Waals surface area contributed by atoms with E-state index in [0.717, 1.165) is 31.2 Å². The fraction of sp³-hybridized carbons (Fsp3) is 0.579. The largest absolute Gasteiger partial charge is 0.435 e. The maximum atomic E-state index is 12.1. The third-order valence-corrected chi connectivity index (χ3v) is 4.44. The lowest BCUT2D eigenvalue weighted by atomic mass is 9.96. The summed E-state index contributed by atoms with van der Waals surface area (Å²) in [6, 6.07) is 6.20. The Kier molecular flexibility index (Phi) is 8.80. The number of alkyl halides is 2. The first-order valence-electron chi connectivity index (χ1n) is 9.38. The summed E-state index contributed by atoms with van der Waals surface area (Å²) in [5.74, 6) is -0.0463. The molecule has 0 atom stereocenters. The van der Waals surface area contributed by atoms with E-state index in [1.165, 1.54) is 18.6 Å². The Morgan fingerprint density at radius 2 is 1.78 bits per heavy atom. The number of benzene rings is 1. The standard InChI is InChI=1S/C19H27F2N3O3/c20-18(21)27-16-10-8-14(9-11-16)13-23-17(25)7-4-12-22-19(26)24-15-5-2-1-3-6-15/h8-11,15,18H,1-7,12-13H2,(H,23,25)(H2,22,24,26). The zero-order chi connectivity index (χ0) is 19.5. The van der Waals surface area contributed by atoms with Gasteiger partial charge < -0.3 is 20.7 Å². The molecule has 0 saturated heterocycles. The van der Waals surface area contributed by atoms with Gasteiger partial charge in [-0.3, -0.25) is 4.79 Å². The molecule has 1 saturated carbocycles. The van der Waals surface area contributed by atoms with Gasteiger partial charge >= 0.3 is 12.6 Å². The Labute approximate surface area is 158 Å². The lowest BCUT2D eigenvalue weighted by Crippen LogP contribution is -2.43. The fourth-order valence-electron chi connectivity index (χ4n) is 3.01. The molecule has 150 valence electrons. The summed E-state index contributed by atoms with van der Waals surface area (Å²) in [5, 5.41) is 8.49. The van der Waals surface area contributed by atoms with Crippen LogP contribution in [0.1, 0.15) is 50.5 Å². The first-order valence-corrected chi connectivity index (χ1v) is 9.38. The Morgan fingerprint density at radius 3 is 2.44 bits per heavy atom. The quantitative estimate of drug-likeness (QED) is 0.573. The molecular weight excluding hydrogens is 356 g/mol. The Bertz CT molecular complexity index is 590. The number of ether oxygens (including phenoxy) is 1. The number of carbonyl (C=O) groups excluding carboxylic acids is 2. The average molecular weight is 383 g/mol. The highest BCUT2D eigenvalue weighted by atomic mass is 19.3. The minimum atomic E-state index is -2.85. The lowest BCUT2D eigenvalue weighted by Gasteiger charge is -2.22. The highest BCUT2D eigenvalue weighted by Crippen LogP contribution is 2.17. The van der Waals surface area contributed by atoms with E-state index in [2.05, 4.69) is 20.7 Å². The van der Waals surface area contributed by atoms with Crippen molar-refractivity contribution in [2.45, 2.75) is 64.1 Å². The second-order valence-electron chi connectivity index (χ2n) is 6.64. The molecule has 0 aromatic heterocycles. The van der Waals surface area contributed by atoms with Crippen molar-refractivity contribution in [1.29, 1.82) is 0 Å². The number of carbonyl (C=O) groups is 2. The van der Waals surface area contributed by atoms with E-state index >= 15 is 0 Å². The molecule has 0 spiro atoms. The molecule has 1 fully saturated rings. The predicted octanol–water partition coefficient (Wildman–Crippen LogP) is 3.32. The SMILES string of the molecule is O=C(CCCNC(=O)NC1CCCCC1)NCc1ccc(OC(F)F)cc1. The number of hydrogen-bond acceptors (Lipinski definition) is 3. The molecule has 1 aliphatic carbocycles.